The van der Waals surface area contributed by atoms with Crippen molar-refractivity contribution >= 4 is 27.3 Å². The molecule has 0 saturated heterocycles. The molecule has 7 nitrogen and oxygen atoms in total. The molecule has 2 aromatic heterocycles. The van der Waals surface area contributed by atoms with Crippen molar-refractivity contribution in [2.75, 3.05) is 0 Å². The summed E-state index contributed by atoms with van der Waals surface area (Å²) in [4.78, 5) is 16.4. The Morgan fingerprint density at radius 2 is 2.23 bits per heavy atom. The Balaban J connectivity index is 1.82. The maximum absolute atomic E-state index is 12.4. The molecule has 0 aliphatic heterocycles. The van der Waals surface area contributed by atoms with Gasteiger partial charge in [-0.15, -0.1) is 11.3 Å². The number of carbonyl (C=O) groups excluding carboxylic acids is 1. The number of carbonyl (C=O) groups is 1. The molecule has 1 N–H and O–H groups in total. The van der Waals surface area contributed by atoms with E-state index in [1.807, 2.05) is 6.92 Å². The predicted octanol–water partition coefficient (Wildman–Crippen LogP) is 1.66. The van der Waals surface area contributed by atoms with Crippen LogP contribution in [0.5, 0.6) is 0 Å². The van der Waals surface area contributed by atoms with E-state index in [1.165, 1.54) is 12.4 Å². The molecule has 0 atom stereocenters. The van der Waals surface area contributed by atoms with E-state index in [0.29, 0.717) is 18.2 Å². The highest BCUT2D eigenvalue weighted by molar-refractivity contribution is 7.92. The van der Waals surface area contributed by atoms with Gasteiger partial charge in [-0.05, 0) is 26.7 Å². The maximum atomic E-state index is 12.4. The van der Waals surface area contributed by atoms with E-state index < -0.39 is 15.9 Å². The molecule has 22 heavy (non-hydrogen) atoms. The topological polar surface area (TPSA) is 94.0 Å². The maximum Gasteiger partial charge on any atom is 0.275 e. The van der Waals surface area contributed by atoms with Crippen LogP contribution < -0.4 is 4.72 Å². The highest BCUT2D eigenvalue weighted by Crippen LogP contribution is 2.43. The molecule has 0 radical (unpaired) electrons. The lowest BCUT2D eigenvalue weighted by Gasteiger charge is -2.03. The third-order valence-corrected chi connectivity index (χ3v) is 6.65. The molecule has 0 unspecified atom stereocenters. The van der Waals surface area contributed by atoms with Crippen molar-refractivity contribution in [2.24, 2.45) is 0 Å². The fraction of sp³-hybridized carbons (Fsp3) is 0.462. The first kappa shape index (κ1) is 15.2. The van der Waals surface area contributed by atoms with Crippen LogP contribution in [0.2, 0.25) is 0 Å². The highest BCUT2D eigenvalue weighted by Gasteiger charge is 2.31. The van der Waals surface area contributed by atoms with Crippen LogP contribution in [-0.4, -0.2) is 29.1 Å². The molecular formula is C13H16N4O3S2. The zero-order valence-electron chi connectivity index (χ0n) is 12.2. The molecule has 1 aliphatic carbocycles. The summed E-state index contributed by atoms with van der Waals surface area (Å²) >= 11 is 1.15. The normalized spacial score (nSPS) is 15.0. The van der Waals surface area contributed by atoms with Crippen LogP contribution in [0, 0.1) is 6.92 Å². The molecule has 1 amide bonds. The van der Waals surface area contributed by atoms with Crippen molar-refractivity contribution in [1.82, 2.24) is 19.5 Å². The Kier molecular flexibility index (Phi) is 3.77. The van der Waals surface area contributed by atoms with E-state index in [-0.39, 0.29) is 9.77 Å². The van der Waals surface area contributed by atoms with Crippen LogP contribution in [0.15, 0.2) is 16.6 Å². The lowest BCUT2D eigenvalue weighted by Crippen LogP contribution is -2.30. The number of rotatable bonds is 5. The second-order valence-electron chi connectivity index (χ2n) is 5.22. The van der Waals surface area contributed by atoms with Gasteiger partial charge < -0.3 is 0 Å². The number of sulfonamides is 1. The minimum atomic E-state index is -3.90. The van der Waals surface area contributed by atoms with Gasteiger partial charge in [-0.1, -0.05) is 0 Å². The molecule has 3 rings (SSSR count). The van der Waals surface area contributed by atoms with Gasteiger partial charge in [0.05, 0.1) is 22.5 Å². The van der Waals surface area contributed by atoms with Gasteiger partial charge in [0.15, 0.2) is 4.21 Å². The molecule has 0 bridgehead atoms. The molecule has 1 saturated carbocycles. The number of hydrogen-bond donors (Lipinski definition) is 1. The van der Waals surface area contributed by atoms with E-state index in [0.717, 1.165) is 29.2 Å². The van der Waals surface area contributed by atoms with Gasteiger partial charge in [0.2, 0.25) is 0 Å². The van der Waals surface area contributed by atoms with Gasteiger partial charge in [-0.3, -0.25) is 9.48 Å². The fourth-order valence-corrected chi connectivity index (χ4v) is 4.72. The van der Waals surface area contributed by atoms with Gasteiger partial charge in [0, 0.05) is 18.7 Å². The Morgan fingerprint density at radius 3 is 2.82 bits per heavy atom. The summed E-state index contributed by atoms with van der Waals surface area (Å²) in [7, 11) is -3.90. The van der Waals surface area contributed by atoms with Gasteiger partial charge in [-0.2, -0.15) is 5.10 Å². The summed E-state index contributed by atoms with van der Waals surface area (Å²) in [6, 6.07) is 0. The summed E-state index contributed by atoms with van der Waals surface area (Å²) in [6.07, 6.45) is 4.97. The molecule has 9 heteroatoms. The second kappa shape index (κ2) is 5.47. The summed E-state index contributed by atoms with van der Waals surface area (Å²) in [5, 5.41) is 4.80. The molecular weight excluding hydrogens is 324 g/mol. The predicted molar refractivity (Wildman–Crippen MR) is 81.4 cm³/mol. The lowest BCUT2D eigenvalue weighted by atomic mass is 10.3. The number of nitrogens with zero attached hydrogens (tertiary/aromatic N) is 3. The number of thiazole rings is 1. The molecule has 2 heterocycles. The SMILES string of the molecule is CCn1cc(C(=O)NS(=O)(=O)c2sc(C3CC3)nc2C)cn1. The van der Waals surface area contributed by atoms with Crippen LogP contribution in [0.1, 0.15) is 46.7 Å². The summed E-state index contributed by atoms with van der Waals surface area (Å²) in [6.45, 7) is 4.14. The third-order valence-electron chi connectivity index (χ3n) is 3.39. The van der Waals surface area contributed by atoms with Crippen molar-refractivity contribution in [3.05, 3.63) is 28.7 Å². The molecule has 2 aromatic rings. The van der Waals surface area contributed by atoms with E-state index in [4.69, 9.17) is 0 Å². The van der Waals surface area contributed by atoms with E-state index in [2.05, 4.69) is 14.8 Å². The zero-order valence-corrected chi connectivity index (χ0v) is 13.9. The minimum absolute atomic E-state index is 0.116. The molecule has 1 aliphatic rings. The Bertz CT molecular complexity index is 818. The van der Waals surface area contributed by atoms with Crippen molar-refractivity contribution in [3.8, 4) is 0 Å². The van der Waals surface area contributed by atoms with E-state index >= 15 is 0 Å². The highest BCUT2D eigenvalue weighted by atomic mass is 32.2. The second-order valence-corrected chi connectivity index (χ2v) is 8.13. The standard InChI is InChI=1S/C13H16N4O3S2/c1-3-17-7-10(6-14-17)11(18)16-22(19,20)13-8(2)15-12(21-13)9-4-5-9/h6-7,9H,3-5H2,1-2H3,(H,16,18). The van der Waals surface area contributed by atoms with Crippen molar-refractivity contribution < 1.29 is 13.2 Å². The number of aryl methyl sites for hydroxylation is 2. The lowest BCUT2D eigenvalue weighted by molar-refractivity contribution is 0.0981. The number of nitrogens with one attached hydrogen (secondary N) is 1. The van der Waals surface area contributed by atoms with Crippen LogP contribution in [-0.2, 0) is 16.6 Å². The van der Waals surface area contributed by atoms with Crippen molar-refractivity contribution in [3.63, 3.8) is 0 Å². The fourth-order valence-electron chi connectivity index (χ4n) is 2.04. The summed E-state index contributed by atoms with van der Waals surface area (Å²) in [5.41, 5.74) is 0.659. The van der Waals surface area contributed by atoms with Crippen LogP contribution in [0.25, 0.3) is 0 Å². The third kappa shape index (κ3) is 2.91. The Morgan fingerprint density at radius 1 is 1.50 bits per heavy atom. The van der Waals surface area contributed by atoms with E-state index in [1.54, 1.807) is 11.6 Å². The van der Waals surface area contributed by atoms with Crippen LogP contribution >= 0.6 is 11.3 Å². The summed E-state index contributed by atoms with van der Waals surface area (Å²) < 4.78 is 28.5. The molecule has 1 fully saturated rings. The summed E-state index contributed by atoms with van der Waals surface area (Å²) in [5.74, 6) is -0.299. The van der Waals surface area contributed by atoms with E-state index in [9.17, 15) is 13.2 Å². The average Bonchev–Trinajstić information content (AvgIpc) is 3.05. The minimum Gasteiger partial charge on any atom is -0.272 e. The number of aromatic nitrogens is 3. The van der Waals surface area contributed by atoms with Gasteiger partial charge in [-0.25, -0.2) is 18.1 Å². The molecule has 0 aromatic carbocycles. The van der Waals surface area contributed by atoms with Crippen LogP contribution in [0.4, 0.5) is 0 Å². The first-order valence-electron chi connectivity index (χ1n) is 6.97. The molecule has 118 valence electrons. The zero-order chi connectivity index (χ0) is 15.9. The van der Waals surface area contributed by atoms with Crippen LogP contribution in [0.3, 0.4) is 0 Å². The van der Waals surface area contributed by atoms with Crippen molar-refractivity contribution in [1.29, 1.82) is 0 Å². The van der Waals surface area contributed by atoms with Gasteiger partial charge in [0.25, 0.3) is 15.9 Å². The van der Waals surface area contributed by atoms with Gasteiger partial charge >= 0.3 is 0 Å². The monoisotopic (exact) mass is 340 g/mol. The quantitative estimate of drug-likeness (QED) is 0.893. The average molecular weight is 340 g/mol. The largest absolute Gasteiger partial charge is 0.275 e. The Hall–Kier alpha value is -1.74. The van der Waals surface area contributed by atoms with Gasteiger partial charge in [0.1, 0.15) is 0 Å². The number of hydrogen-bond acceptors (Lipinski definition) is 6. The molecule has 0 spiro atoms. The smallest absolute Gasteiger partial charge is 0.272 e. The first-order chi connectivity index (χ1) is 10.4. The number of amides is 1. The first-order valence-corrected chi connectivity index (χ1v) is 9.27. The van der Waals surface area contributed by atoms with Crippen molar-refractivity contribution in [2.45, 2.75) is 43.4 Å². The Labute approximate surface area is 132 Å².